The fourth-order valence-electron chi connectivity index (χ4n) is 3.86. The minimum atomic E-state index is -0.251. The predicted octanol–water partition coefficient (Wildman–Crippen LogP) is 3.98. The van der Waals surface area contributed by atoms with Gasteiger partial charge in [0.2, 0.25) is 0 Å². The summed E-state index contributed by atoms with van der Waals surface area (Å²) in [5.41, 5.74) is 2.26. The van der Waals surface area contributed by atoms with Gasteiger partial charge in [-0.05, 0) is 61.9 Å². The monoisotopic (exact) mass is 421 g/mol. The third-order valence-electron chi connectivity index (χ3n) is 5.39. The van der Waals surface area contributed by atoms with Crippen molar-refractivity contribution in [2.45, 2.75) is 38.3 Å². The number of nitrogens with one attached hydrogen (secondary N) is 2. The van der Waals surface area contributed by atoms with Crippen LogP contribution in [-0.2, 0) is 6.42 Å². The highest BCUT2D eigenvalue weighted by molar-refractivity contribution is 7.09. The Morgan fingerprint density at radius 3 is 2.67 bits per heavy atom. The summed E-state index contributed by atoms with van der Waals surface area (Å²) in [5.74, 6) is -0.251. The average molecular weight is 422 g/mol. The van der Waals surface area contributed by atoms with E-state index in [2.05, 4.69) is 62.1 Å². The first kappa shape index (κ1) is 20.5. The maximum absolute atomic E-state index is 12.2. The van der Waals surface area contributed by atoms with Crippen LogP contribution < -0.4 is 15.5 Å². The van der Waals surface area contributed by atoms with Crippen LogP contribution in [0, 0.1) is 0 Å². The minimum absolute atomic E-state index is 0.251. The Morgan fingerprint density at radius 2 is 2.00 bits per heavy atom. The highest BCUT2D eigenvalue weighted by Gasteiger charge is 2.21. The lowest BCUT2D eigenvalue weighted by Crippen LogP contribution is -2.46. The van der Waals surface area contributed by atoms with E-state index in [-0.39, 0.29) is 5.91 Å². The number of carbonyl (C=O) groups is 1. The summed E-state index contributed by atoms with van der Waals surface area (Å²) < 4.78 is 0. The van der Waals surface area contributed by atoms with E-state index in [4.69, 9.17) is 0 Å². The van der Waals surface area contributed by atoms with Crippen LogP contribution in [0.5, 0.6) is 0 Å². The zero-order valence-electron chi connectivity index (χ0n) is 17.1. The topological polar surface area (TPSA) is 70.2 Å². The summed E-state index contributed by atoms with van der Waals surface area (Å²) >= 11 is 1.83. The summed E-state index contributed by atoms with van der Waals surface area (Å²) in [6.07, 6.45) is 7.90. The van der Waals surface area contributed by atoms with E-state index < -0.39 is 0 Å². The van der Waals surface area contributed by atoms with Gasteiger partial charge in [-0.2, -0.15) is 0 Å². The van der Waals surface area contributed by atoms with E-state index in [1.54, 1.807) is 6.20 Å². The molecule has 1 aromatic carbocycles. The molecule has 0 spiro atoms. The molecule has 0 radical (unpaired) electrons. The number of thiophene rings is 1. The van der Waals surface area contributed by atoms with E-state index in [1.807, 2.05) is 23.5 Å². The third kappa shape index (κ3) is 5.43. The first-order chi connectivity index (χ1) is 14.7. The van der Waals surface area contributed by atoms with E-state index >= 15 is 0 Å². The number of amides is 1. The zero-order valence-corrected chi connectivity index (χ0v) is 17.9. The Kier molecular flexibility index (Phi) is 6.71. The minimum Gasteiger partial charge on any atom is -0.371 e. The third-order valence-corrected chi connectivity index (χ3v) is 6.29. The van der Waals surface area contributed by atoms with Crippen molar-refractivity contribution in [3.63, 3.8) is 0 Å². The van der Waals surface area contributed by atoms with Crippen molar-refractivity contribution in [3.05, 3.63) is 70.9 Å². The summed E-state index contributed by atoms with van der Waals surface area (Å²) in [5, 5.41) is 8.81. The maximum Gasteiger partial charge on any atom is 0.275 e. The molecule has 156 valence electrons. The molecule has 1 aliphatic heterocycles. The molecular formula is C23H27N5OS. The summed E-state index contributed by atoms with van der Waals surface area (Å²) in [6, 6.07) is 13.4. The molecule has 1 aliphatic rings. The van der Waals surface area contributed by atoms with Crippen LogP contribution in [0.4, 0.5) is 11.4 Å². The molecule has 2 aromatic heterocycles. The van der Waals surface area contributed by atoms with Gasteiger partial charge in [0.15, 0.2) is 0 Å². The number of anilines is 2. The molecule has 1 amide bonds. The van der Waals surface area contributed by atoms with E-state index in [0.29, 0.717) is 17.8 Å². The molecule has 2 N–H and O–H groups in total. The highest BCUT2D eigenvalue weighted by atomic mass is 32.1. The maximum atomic E-state index is 12.2. The molecule has 1 atom stereocenters. The molecule has 3 aromatic rings. The summed E-state index contributed by atoms with van der Waals surface area (Å²) in [7, 11) is 0. The molecule has 4 rings (SSSR count). The molecule has 6 nitrogen and oxygen atoms in total. The second-order valence-electron chi connectivity index (χ2n) is 7.70. The van der Waals surface area contributed by atoms with Gasteiger partial charge in [0.05, 0.1) is 6.20 Å². The van der Waals surface area contributed by atoms with Crippen molar-refractivity contribution in [2.24, 2.45) is 0 Å². The lowest BCUT2D eigenvalue weighted by Gasteiger charge is -2.35. The lowest BCUT2D eigenvalue weighted by molar-refractivity contribution is 0.102. The Labute approximate surface area is 181 Å². The van der Waals surface area contributed by atoms with E-state index in [9.17, 15) is 4.79 Å². The van der Waals surface area contributed by atoms with Gasteiger partial charge in [-0.25, -0.2) is 4.98 Å². The second kappa shape index (κ2) is 9.82. The van der Waals surface area contributed by atoms with Crippen molar-refractivity contribution in [3.8, 4) is 0 Å². The van der Waals surface area contributed by atoms with Gasteiger partial charge < -0.3 is 15.5 Å². The number of hydrogen-bond donors (Lipinski definition) is 2. The summed E-state index contributed by atoms with van der Waals surface area (Å²) in [6.45, 7) is 4.35. The summed E-state index contributed by atoms with van der Waals surface area (Å²) in [4.78, 5) is 24.0. The molecule has 7 heteroatoms. The predicted molar refractivity (Wildman–Crippen MR) is 122 cm³/mol. The molecule has 0 aliphatic carbocycles. The lowest BCUT2D eigenvalue weighted by atomic mass is 10.0. The van der Waals surface area contributed by atoms with Gasteiger partial charge in [0, 0.05) is 53.8 Å². The van der Waals surface area contributed by atoms with E-state index in [0.717, 1.165) is 38.0 Å². The molecular weight excluding hydrogens is 394 g/mol. The van der Waals surface area contributed by atoms with Crippen LogP contribution in [0.25, 0.3) is 0 Å². The number of rotatable bonds is 7. The standard InChI is InChI=1S/C23H27N5OS/c1-17(15-21-3-2-14-30-21)26-19-8-12-28(13-9-19)20-6-4-18(5-7-20)27-23(29)22-16-24-10-11-25-22/h2-7,10-11,14,16-17,19,26H,8-9,12-13,15H2,1H3,(H,27,29). The fourth-order valence-corrected chi connectivity index (χ4v) is 4.70. The van der Waals surface area contributed by atoms with Crippen molar-refractivity contribution in [1.29, 1.82) is 0 Å². The zero-order chi connectivity index (χ0) is 20.8. The Hall–Kier alpha value is -2.77. The quantitative estimate of drug-likeness (QED) is 0.604. The first-order valence-corrected chi connectivity index (χ1v) is 11.3. The van der Waals surface area contributed by atoms with Crippen LogP contribution in [0.1, 0.15) is 35.1 Å². The van der Waals surface area contributed by atoms with Gasteiger partial charge in [-0.1, -0.05) is 6.07 Å². The van der Waals surface area contributed by atoms with Crippen LogP contribution in [-0.4, -0.2) is 41.0 Å². The SMILES string of the molecule is CC(Cc1cccs1)NC1CCN(c2ccc(NC(=O)c3cnccn3)cc2)CC1. The van der Waals surface area contributed by atoms with Gasteiger partial charge in [-0.15, -0.1) is 11.3 Å². The Balaban J connectivity index is 1.25. The highest BCUT2D eigenvalue weighted by Crippen LogP contribution is 2.23. The van der Waals surface area contributed by atoms with Crippen LogP contribution >= 0.6 is 11.3 Å². The number of benzene rings is 1. The second-order valence-corrected chi connectivity index (χ2v) is 8.74. The molecule has 1 saturated heterocycles. The molecule has 0 saturated carbocycles. The van der Waals surface area contributed by atoms with Crippen LogP contribution in [0.2, 0.25) is 0 Å². The molecule has 3 heterocycles. The van der Waals surface area contributed by atoms with Gasteiger partial charge in [-0.3, -0.25) is 9.78 Å². The fraction of sp³-hybridized carbons (Fsp3) is 0.348. The molecule has 30 heavy (non-hydrogen) atoms. The number of nitrogens with zero attached hydrogens (tertiary/aromatic N) is 3. The molecule has 1 fully saturated rings. The smallest absolute Gasteiger partial charge is 0.275 e. The van der Waals surface area contributed by atoms with Gasteiger partial charge in [0.1, 0.15) is 5.69 Å². The molecule has 0 bridgehead atoms. The number of piperidine rings is 1. The van der Waals surface area contributed by atoms with Crippen LogP contribution in [0.15, 0.2) is 60.4 Å². The van der Waals surface area contributed by atoms with E-state index in [1.165, 1.54) is 23.0 Å². The van der Waals surface area contributed by atoms with Crippen molar-refractivity contribution >= 4 is 28.6 Å². The Morgan fingerprint density at radius 1 is 1.20 bits per heavy atom. The average Bonchev–Trinajstić information content (AvgIpc) is 3.28. The molecule has 1 unspecified atom stereocenters. The van der Waals surface area contributed by atoms with Crippen molar-refractivity contribution in [2.75, 3.05) is 23.3 Å². The number of hydrogen-bond acceptors (Lipinski definition) is 6. The van der Waals surface area contributed by atoms with Gasteiger partial charge >= 0.3 is 0 Å². The van der Waals surface area contributed by atoms with Crippen molar-refractivity contribution < 1.29 is 4.79 Å². The van der Waals surface area contributed by atoms with Crippen molar-refractivity contribution in [1.82, 2.24) is 15.3 Å². The van der Waals surface area contributed by atoms with Crippen LogP contribution in [0.3, 0.4) is 0 Å². The van der Waals surface area contributed by atoms with Gasteiger partial charge in [0.25, 0.3) is 5.91 Å². The normalized spacial score (nSPS) is 15.7. The number of aromatic nitrogens is 2. The largest absolute Gasteiger partial charge is 0.371 e. The number of carbonyl (C=O) groups excluding carboxylic acids is 1. The Bertz CT molecular complexity index is 922. The first-order valence-electron chi connectivity index (χ1n) is 10.4.